The zero-order valence-electron chi connectivity index (χ0n) is 10.6. The molecule has 0 aromatic carbocycles. The van der Waals surface area contributed by atoms with Crippen LogP contribution in [0.1, 0.15) is 40.5 Å². The molecule has 0 aliphatic heterocycles. The fourth-order valence-corrected chi connectivity index (χ4v) is 2.01. The third kappa shape index (κ3) is 4.97. The monoisotopic (exact) mass is 200 g/mol. The molecule has 2 nitrogen and oxygen atoms in total. The Hall–Kier alpha value is -0.0800. The molecule has 0 amide bonds. The Morgan fingerprint density at radius 3 is 1.86 bits per heavy atom. The molecule has 1 N–H and O–H groups in total. The average Bonchev–Trinajstić information content (AvgIpc) is 2.13. The standard InChI is InChI=1S/C12H28N2/c1-6-8-14(9-7-2)12(10-13-5)11(3)4/h11-13H,6-10H2,1-5H3. The van der Waals surface area contributed by atoms with Crippen molar-refractivity contribution in [2.24, 2.45) is 5.92 Å². The fraction of sp³-hybridized carbons (Fsp3) is 1.00. The second-order valence-electron chi connectivity index (χ2n) is 4.41. The Labute approximate surface area is 90.1 Å². The van der Waals surface area contributed by atoms with E-state index in [1.54, 1.807) is 0 Å². The first-order valence-electron chi connectivity index (χ1n) is 6.05. The average molecular weight is 200 g/mol. The molecule has 0 fully saturated rings. The number of likely N-dealkylation sites (N-methyl/N-ethyl adjacent to an activating group) is 1. The number of hydrogen-bond donors (Lipinski definition) is 1. The van der Waals surface area contributed by atoms with E-state index in [1.165, 1.54) is 25.9 Å². The van der Waals surface area contributed by atoms with Crippen LogP contribution in [0.25, 0.3) is 0 Å². The van der Waals surface area contributed by atoms with E-state index in [-0.39, 0.29) is 0 Å². The maximum absolute atomic E-state index is 3.30. The van der Waals surface area contributed by atoms with Crippen molar-refractivity contribution in [2.45, 2.75) is 46.6 Å². The van der Waals surface area contributed by atoms with Gasteiger partial charge in [0, 0.05) is 12.6 Å². The van der Waals surface area contributed by atoms with E-state index in [4.69, 9.17) is 0 Å². The van der Waals surface area contributed by atoms with Gasteiger partial charge in [-0.2, -0.15) is 0 Å². The quantitative estimate of drug-likeness (QED) is 0.647. The Morgan fingerprint density at radius 2 is 1.57 bits per heavy atom. The summed E-state index contributed by atoms with van der Waals surface area (Å²) in [6.45, 7) is 12.7. The van der Waals surface area contributed by atoms with Crippen molar-refractivity contribution in [3.63, 3.8) is 0 Å². The lowest BCUT2D eigenvalue weighted by Gasteiger charge is -2.34. The van der Waals surface area contributed by atoms with E-state index < -0.39 is 0 Å². The highest BCUT2D eigenvalue weighted by Gasteiger charge is 2.19. The van der Waals surface area contributed by atoms with Gasteiger partial charge in [-0.05, 0) is 38.9 Å². The topological polar surface area (TPSA) is 15.3 Å². The molecule has 86 valence electrons. The van der Waals surface area contributed by atoms with Crippen LogP contribution >= 0.6 is 0 Å². The van der Waals surface area contributed by atoms with Gasteiger partial charge in [0.05, 0.1) is 0 Å². The first-order chi connectivity index (χ1) is 6.67. The maximum atomic E-state index is 3.30. The minimum absolute atomic E-state index is 0.694. The van der Waals surface area contributed by atoms with Crippen LogP contribution in [0.15, 0.2) is 0 Å². The zero-order chi connectivity index (χ0) is 11.0. The van der Waals surface area contributed by atoms with Crippen LogP contribution < -0.4 is 5.32 Å². The second kappa shape index (κ2) is 8.25. The Bertz CT molecular complexity index is 117. The Kier molecular flexibility index (Phi) is 8.20. The van der Waals surface area contributed by atoms with Crippen LogP contribution in [0.3, 0.4) is 0 Å². The smallest absolute Gasteiger partial charge is 0.0243 e. The van der Waals surface area contributed by atoms with Gasteiger partial charge in [0.1, 0.15) is 0 Å². The van der Waals surface area contributed by atoms with Gasteiger partial charge in [0.15, 0.2) is 0 Å². The first kappa shape index (κ1) is 13.9. The Balaban J connectivity index is 4.21. The SMILES string of the molecule is CCCN(CCC)C(CNC)C(C)C. The molecular formula is C12H28N2. The molecule has 0 saturated carbocycles. The summed E-state index contributed by atoms with van der Waals surface area (Å²) in [5.74, 6) is 0.737. The highest BCUT2D eigenvalue weighted by atomic mass is 15.2. The van der Waals surface area contributed by atoms with E-state index in [1.807, 2.05) is 7.05 Å². The van der Waals surface area contributed by atoms with Gasteiger partial charge in [-0.15, -0.1) is 0 Å². The zero-order valence-corrected chi connectivity index (χ0v) is 10.6. The number of rotatable bonds is 8. The minimum Gasteiger partial charge on any atom is -0.318 e. The molecule has 14 heavy (non-hydrogen) atoms. The van der Waals surface area contributed by atoms with Crippen molar-refractivity contribution >= 4 is 0 Å². The van der Waals surface area contributed by atoms with E-state index in [2.05, 4.69) is 37.9 Å². The van der Waals surface area contributed by atoms with Crippen LogP contribution in [-0.2, 0) is 0 Å². The van der Waals surface area contributed by atoms with Crippen LogP contribution in [0.2, 0.25) is 0 Å². The van der Waals surface area contributed by atoms with Crippen LogP contribution in [0, 0.1) is 5.92 Å². The van der Waals surface area contributed by atoms with Gasteiger partial charge in [-0.1, -0.05) is 27.7 Å². The molecule has 0 aliphatic carbocycles. The number of nitrogens with zero attached hydrogens (tertiary/aromatic N) is 1. The van der Waals surface area contributed by atoms with Crippen molar-refractivity contribution in [3.05, 3.63) is 0 Å². The summed E-state index contributed by atoms with van der Waals surface area (Å²) in [5, 5.41) is 3.30. The lowest BCUT2D eigenvalue weighted by atomic mass is 10.0. The molecule has 0 rings (SSSR count). The summed E-state index contributed by atoms with van der Waals surface area (Å²) < 4.78 is 0. The van der Waals surface area contributed by atoms with Gasteiger partial charge in [0.25, 0.3) is 0 Å². The van der Waals surface area contributed by atoms with Gasteiger partial charge in [-0.3, -0.25) is 4.90 Å². The van der Waals surface area contributed by atoms with E-state index >= 15 is 0 Å². The highest BCUT2D eigenvalue weighted by Crippen LogP contribution is 2.11. The summed E-state index contributed by atoms with van der Waals surface area (Å²) in [4.78, 5) is 2.63. The predicted octanol–water partition coefficient (Wildman–Crippen LogP) is 2.35. The van der Waals surface area contributed by atoms with Crippen molar-refractivity contribution in [1.29, 1.82) is 0 Å². The fourth-order valence-electron chi connectivity index (χ4n) is 2.01. The van der Waals surface area contributed by atoms with Crippen LogP contribution in [0.5, 0.6) is 0 Å². The number of nitrogens with one attached hydrogen (secondary N) is 1. The molecule has 0 heterocycles. The van der Waals surface area contributed by atoms with Crippen molar-refractivity contribution in [2.75, 3.05) is 26.7 Å². The highest BCUT2D eigenvalue weighted by molar-refractivity contribution is 4.76. The van der Waals surface area contributed by atoms with Crippen LogP contribution in [0.4, 0.5) is 0 Å². The maximum Gasteiger partial charge on any atom is 0.0243 e. The molecule has 0 radical (unpaired) electrons. The largest absolute Gasteiger partial charge is 0.318 e. The second-order valence-corrected chi connectivity index (χ2v) is 4.41. The first-order valence-corrected chi connectivity index (χ1v) is 6.05. The van der Waals surface area contributed by atoms with Crippen LogP contribution in [-0.4, -0.2) is 37.6 Å². The predicted molar refractivity (Wildman–Crippen MR) is 64.7 cm³/mol. The molecule has 1 unspecified atom stereocenters. The van der Waals surface area contributed by atoms with E-state index in [0.717, 1.165) is 12.5 Å². The Morgan fingerprint density at radius 1 is 1.07 bits per heavy atom. The van der Waals surface area contributed by atoms with E-state index in [0.29, 0.717) is 6.04 Å². The molecule has 1 atom stereocenters. The van der Waals surface area contributed by atoms with Gasteiger partial charge >= 0.3 is 0 Å². The summed E-state index contributed by atoms with van der Waals surface area (Å²) >= 11 is 0. The molecule has 0 spiro atoms. The van der Waals surface area contributed by atoms with Crippen molar-refractivity contribution < 1.29 is 0 Å². The third-order valence-electron chi connectivity index (χ3n) is 2.67. The van der Waals surface area contributed by atoms with Gasteiger partial charge in [-0.25, -0.2) is 0 Å². The third-order valence-corrected chi connectivity index (χ3v) is 2.67. The molecule has 2 heteroatoms. The molecule has 0 bridgehead atoms. The lowest BCUT2D eigenvalue weighted by molar-refractivity contribution is 0.153. The van der Waals surface area contributed by atoms with Gasteiger partial charge in [0.2, 0.25) is 0 Å². The molecule has 0 aromatic heterocycles. The number of hydrogen-bond acceptors (Lipinski definition) is 2. The lowest BCUT2D eigenvalue weighted by Crippen LogP contribution is -2.45. The van der Waals surface area contributed by atoms with Crippen molar-refractivity contribution in [3.8, 4) is 0 Å². The molecule has 0 aromatic rings. The molecular weight excluding hydrogens is 172 g/mol. The summed E-state index contributed by atoms with van der Waals surface area (Å²) in [7, 11) is 2.05. The van der Waals surface area contributed by atoms with E-state index in [9.17, 15) is 0 Å². The van der Waals surface area contributed by atoms with Gasteiger partial charge < -0.3 is 5.32 Å². The molecule has 0 saturated heterocycles. The minimum atomic E-state index is 0.694. The molecule has 0 aliphatic rings. The normalized spacial score (nSPS) is 13.9. The summed E-state index contributed by atoms with van der Waals surface area (Å²) in [6.07, 6.45) is 2.51. The summed E-state index contributed by atoms with van der Waals surface area (Å²) in [5.41, 5.74) is 0. The van der Waals surface area contributed by atoms with Crippen molar-refractivity contribution in [1.82, 2.24) is 10.2 Å². The summed E-state index contributed by atoms with van der Waals surface area (Å²) in [6, 6.07) is 0.694.